The number of amides is 1. The van der Waals surface area contributed by atoms with Crippen molar-refractivity contribution in [2.24, 2.45) is 5.92 Å². The Labute approximate surface area is 213 Å². The van der Waals surface area contributed by atoms with Gasteiger partial charge >= 0.3 is 0 Å². The van der Waals surface area contributed by atoms with Gasteiger partial charge in [-0.25, -0.2) is 19.6 Å². The Morgan fingerprint density at radius 2 is 2.03 bits per heavy atom. The number of aryl methyl sites for hydroxylation is 1. The molecule has 0 aliphatic carbocycles. The number of nitrogen functional groups attached to an aromatic ring is 1. The van der Waals surface area contributed by atoms with Gasteiger partial charge in [0.15, 0.2) is 5.65 Å². The van der Waals surface area contributed by atoms with Crippen LogP contribution in [0.5, 0.6) is 0 Å². The van der Waals surface area contributed by atoms with Crippen LogP contribution in [0.2, 0.25) is 0 Å². The molecule has 4 aromatic rings. The Bertz CT molecular complexity index is 1490. The fraction of sp³-hybridized carbons (Fsp3) is 0.346. The van der Waals surface area contributed by atoms with Gasteiger partial charge in [0.05, 0.1) is 16.6 Å². The molecule has 3 heterocycles. The maximum atomic E-state index is 12.8. The lowest BCUT2D eigenvalue weighted by atomic mass is 9.98. The van der Waals surface area contributed by atoms with Crippen LogP contribution in [-0.4, -0.2) is 42.4 Å². The third-order valence-electron chi connectivity index (χ3n) is 5.54. The van der Waals surface area contributed by atoms with Crippen LogP contribution in [-0.2, 0) is 12.0 Å². The number of nitrogens with one attached hydrogen (secondary N) is 1. The summed E-state index contributed by atoms with van der Waals surface area (Å²) in [6, 6.07) is 5.58. The maximum Gasteiger partial charge on any atom is 0.267 e. The van der Waals surface area contributed by atoms with Crippen molar-refractivity contribution < 1.29 is 9.90 Å². The minimum Gasteiger partial charge on any atom is -0.396 e. The number of hydrogen-bond acceptors (Lipinski definition) is 8. The van der Waals surface area contributed by atoms with Crippen molar-refractivity contribution in [3.05, 3.63) is 57.4 Å². The van der Waals surface area contributed by atoms with Crippen LogP contribution in [0.4, 0.5) is 11.5 Å². The molecule has 1 aromatic carbocycles. The van der Waals surface area contributed by atoms with Crippen LogP contribution in [0.25, 0.3) is 11.0 Å². The zero-order valence-electron chi connectivity index (χ0n) is 21.0. The molecule has 0 aliphatic rings. The predicted octanol–water partition coefficient (Wildman–Crippen LogP) is 3.75. The molecule has 0 spiro atoms. The number of aromatic nitrogens is 5. The van der Waals surface area contributed by atoms with E-state index in [1.807, 2.05) is 32.0 Å². The molecule has 0 unspecified atom stereocenters. The summed E-state index contributed by atoms with van der Waals surface area (Å²) in [6.45, 7) is 10.6. The lowest BCUT2D eigenvalue weighted by Crippen LogP contribution is -2.12. The summed E-state index contributed by atoms with van der Waals surface area (Å²) in [4.78, 5) is 26.2. The Balaban J connectivity index is 1.63. The molecule has 186 valence electrons. The molecular weight excluding hydrogens is 474 g/mol. The summed E-state index contributed by atoms with van der Waals surface area (Å²) >= 11 is 1.39. The summed E-state index contributed by atoms with van der Waals surface area (Å²) in [5, 5.41) is 18.5. The largest absolute Gasteiger partial charge is 0.396 e. The fourth-order valence-corrected chi connectivity index (χ4v) is 4.35. The van der Waals surface area contributed by atoms with E-state index >= 15 is 0 Å². The topological polar surface area (TPSA) is 132 Å². The highest BCUT2D eigenvalue weighted by atomic mass is 32.1. The first-order valence-corrected chi connectivity index (χ1v) is 12.4. The van der Waals surface area contributed by atoms with Crippen LogP contribution >= 0.6 is 11.3 Å². The Morgan fingerprint density at radius 1 is 1.25 bits per heavy atom. The second-order valence-electron chi connectivity index (χ2n) is 9.79. The number of aliphatic hydroxyl groups excluding tert-OH is 1. The molecule has 1 atom stereocenters. The van der Waals surface area contributed by atoms with Crippen LogP contribution in [0, 0.1) is 24.7 Å². The Hall–Kier alpha value is -3.81. The van der Waals surface area contributed by atoms with E-state index in [0.29, 0.717) is 39.7 Å². The molecule has 10 heteroatoms. The Morgan fingerprint density at radius 3 is 2.72 bits per heavy atom. The molecule has 0 saturated carbocycles. The van der Waals surface area contributed by atoms with Gasteiger partial charge in [0.25, 0.3) is 5.91 Å². The summed E-state index contributed by atoms with van der Waals surface area (Å²) < 4.78 is 1.70. The molecule has 9 nitrogen and oxygen atoms in total. The maximum absolute atomic E-state index is 12.8. The van der Waals surface area contributed by atoms with Crippen LogP contribution in [0.15, 0.2) is 30.7 Å². The van der Waals surface area contributed by atoms with Crippen LogP contribution < -0.4 is 11.1 Å². The highest BCUT2D eigenvalue weighted by molar-refractivity contribution is 7.13. The number of aliphatic hydroxyl groups is 1. The average molecular weight is 504 g/mol. The molecule has 0 fully saturated rings. The number of carbonyl (C=O) groups excluding carboxylic acids is 1. The summed E-state index contributed by atoms with van der Waals surface area (Å²) in [7, 11) is 0. The van der Waals surface area contributed by atoms with Crippen molar-refractivity contribution in [2.75, 3.05) is 17.7 Å². The van der Waals surface area contributed by atoms with Gasteiger partial charge in [0.1, 0.15) is 22.7 Å². The first kappa shape index (κ1) is 25.3. The molecule has 0 radical (unpaired) electrons. The monoisotopic (exact) mass is 503 g/mol. The second kappa shape index (κ2) is 10.0. The zero-order chi connectivity index (χ0) is 26.0. The third kappa shape index (κ3) is 5.37. The van der Waals surface area contributed by atoms with Gasteiger partial charge < -0.3 is 16.2 Å². The number of hydrogen-bond donors (Lipinski definition) is 3. The minimum atomic E-state index is -0.210. The Kier molecular flexibility index (Phi) is 7.06. The second-order valence-corrected chi connectivity index (χ2v) is 10.8. The van der Waals surface area contributed by atoms with Crippen LogP contribution in [0.1, 0.15) is 59.2 Å². The van der Waals surface area contributed by atoms with Gasteiger partial charge in [-0.1, -0.05) is 39.7 Å². The highest BCUT2D eigenvalue weighted by Crippen LogP contribution is 2.27. The van der Waals surface area contributed by atoms with E-state index in [2.05, 4.69) is 58.0 Å². The average Bonchev–Trinajstić information content (AvgIpc) is 3.46. The van der Waals surface area contributed by atoms with Gasteiger partial charge in [-0.05, 0) is 36.5 Å². The van der Waals surface area contributed by atoms with Crippen molar-refractivity contribution in [3.8, 4) is 11.8 Å². The van der Waals surface area contributed by atoms with Crippen molar-refractivity contribution >= 4 is 39.8 Å². The SMILES string of the molecule is Cc1ccc(NC(=O)c2cnc(C(C)(C)C)s2)cc1C#Cc1nn(C[C@@H](C)CO)c2ncnc(N)c12. The van der Waals surface area contributed by atoms with Crippen molar-refractivity contribution in [1.82, 2.24) is 24.7 Å². The van der Waals surface area contributed by atoms with E-state index in [9.17, 15) is 9.90 Å². The molecule has 4 rings (SSSR count). The highest BCUT2D eigenvalue weighted by Gasteiger charge is 2.20. The van der Waals surface area contributed by atoms with E-state index in [4.69, 9.17) is 5.73 Å². The first-order chi connectivity index (χ1) is 17.1. The number of rotatable bonds is 5. The van der Waals surface area contributed by atoms with Gasteiger partial charge in [0, 0.05) is 29.8 Å². The van der Waals surface area contributed by atoms with E-state index in [1.165, 1.54) is 17.7 Å². The molecule has 4 N–H and O–H groups in total. The fourth-order valence-electron chi connectivity index (χ4n) is 3.48. The zero-order valence-corrected chi connectivity index (χ0v) is 21.8. The van der Waals surface area contributed by atoms with E-state index in [-0.39, 0.29) is 23.8 Å². The third-order valence-corrected chi connectivity index (χ3v) is 6.96. The van der Waals surface area contributed by atoms with E-state index in [1.54, 1.807) is 10.9 Å². The van der Waals surface area contributed by atoms with Crippen LogP contribution in [0.3, 0.4) is 0 Å². The van der Waals surface area contributed by atoms with Crippen molar-refractivity contribution in [3.63, 3.8) is 0 Å². The number of fused-ring (bicyclic) bond motifs is 1. The summed E-state index contributed by atoms with van der Waals surface area (Å²) in [6.07, 6.45) is 3.00. The van der Waals surface area contributed by atoms with Gasteiger partial charge in [0.2, 0.25) is 0 Å². The van der Waals surface area contributed by atoms with E-state index in [0.717, 1.165) is 16.1 Å². The van der Waals surface area contributed by atoms with Crippen molar-refractivity contribution in [2.45, 2.75) is 46.6 Å². The summed E-state index contributed by atoms with van der Waals surface area (Å²) in [5.74, 6) is 6.34. The number of anilines is 2. The van der Waals surface area contributed by atoms with Gasteiger partial charge in [-0.3, -0.25) is 4.79 Å². The molecule has 36 heavy (non-hydrogen) atoms. The quantitative estimate of drug-likeness (QED) is 0.353. The van der Waals surface area contributed by atoms with Gasteiger partial charge in [-0.2, -0.15) is 5.10 Å². The lowest BCUT2D eigenvalue weighted by molar-refractivity contribution is 0.103. The molecule has 3 aromatic heterocycles. The minimum absolute atomic E-state index is 0.00865. The molecule has 1 amide bonds. The summed E-state index contributed by atoms with van der Waals surface area (Å²) in [5.41, 5.74) is 9.37. The van der Waals surface area contributed by atoms with Crippen molar-refractivity contribution in [1.29, 1.82) is 0 Å². The first-order valence-electron chi connectivity index (χ1n) is 11.5. The number of benzene rings is 1. The molecule has 0 aliphatic heterocycles. The van der Waals surface area contributed by atoms with E-state index < -0.39 is 0 Å². The normalized spacial score (nSPS) is 12.3. The lowest BCUT2D eigenvalue weighted by Gasteiger charge is -2.13. The number of thiazole rings is 1. The number of carbonyl (C=O) groups is 1. The predicted molar refractivity (Wildman–Crippen MR) is 142 cm³/mol. The molecular formula is C26H29N7O2S. The van der Waals surface area contributed by atoms with Gasteiger partial charge in [-0.15, -0.1) is 11.3 Å². The number of nitrogens with zero attached hydrogens (tertiary/aromatic N) is 5. The molecule has 0 bridgehead atoms. The molecule has 0 saturated heterocycles. The standard InChI is InChI=1S/C26H29N7O2S/c1-15(13-34)12-33-23-21(22(27)29-14-30-23)19(32-33)9-7-17-10-18(8-6-16(17)2)31-24(35)20-11-28-25(36-20)26(3,4)5/h6,8,10-11,14-15,34H,12-13H2,1-5H3,(H,31,35)(H2,27,29,30)/t15-/m1/s1. The smallest absolute Gasteiger partial charge is 0.267 e. The number of nitrogens with two attached hydrogens (primary N) is 1.